The van der Waals surface area contributed by atoms with Crippen molar-refractivity contribution in [3.8, 4) is 5.75 Å². The molecule has 2 aliphatic rings. The summed E-state index contributed by atoms with van der Waals surface area (Å²) in [5.41, 5.74) is 4.20. The van der Waals surface area contributed by atoms with E-state index in [0.717, 1.165) is 56.0 Å². The van der Waals surface area contributed by atoms with Crippen molar-refractivity contribution < 1.29 is 14.6 Å². The van der Waals surface area contributed by atoms with Crippen molar-refractivity contribution in [1.82, 2.24) is 9.80 Å². The van der Waals surface area contributed by atoms with Crippen LogP contribution in [0.25, 0.3) is 5.57 Å². The zero-order valence-electron chi connectivity index (χ0n) is 16.2. The lowest BCUT2D eigenvalue weighted by Gasteiger charge is -2.32. The van der Waals surface area contributed by atoms with Crippen molar-refractivity contribution in [2.24, 2.45) is 0 Å². The minimum absolute atomic E-state index is 0.0269. The summed E-state index contributed by atoms with van der Waals surface area (Å²) in [6.45, 7) is 6.09. The van der Waals surface area contributed by atoms with Gasteiger partial charge in [0.1, 0.15) is 12.4 Å². The molecule has 0 unspecified atom stereocenters. The predicted molar refractivity (Wildman–Crippen MR) is 112 cm³/mol. The molecule has 1 N–H and O–H groups in total. The summed E-state index contributed by atoms with van der Waals surface area (Å²) in [5, 5.41) is 11.3. The molecule has 0 atom stereocenters. The quantitative estimate of drug-likeness (QED) is 0.837. The maximum absolute atomic E-state index is 11.2. The minimum atomic E-state index is -0.813. The fourth-order valence-electron chi connectivity index (χ4n) is 3.83. The molecule has 2 aromatic rings. The van der Waals surface area contributed by atoms with Gasteiger partial charge in [0.2, 0.25) is 0 Å². The van der Waals surface area contributed by atoms with E-state index in [2.05, 4.69) is 34.4 Å². The van der Waals surface area contributed by atoms with Crippen LogP contribution in [-0.2, 0) is 17.8 Å². The van der Waals surface area contributed by atoms with E-state index in [0.29, 0.717) is 6.61 Å². The number of carboxylic acids is 1. The van der Waals surface area contributed by atoms with Gasteiger partial charge in [-0.15, -0.1) is 11.3 Å². The number of carbonyl (C=O) groups is 1. The second-order valence-electron chi connectivity index (χ2n) is 7.52. The molecule has 0 radical (unpaired) electrons. The van der Waals surface area contributed by atoms with Gasteiger partial charge in [-0.1, -0.05) is 12.1 Å². The molecule has 0 spiro atoms. The first-order valence-electron chi connectivity index (χ1n) is 9.76. The van der Waals surface area contributed by atoms with Crippen LogP contribution in [0.5, 0.6) is 5.75 Å². The summed E-state index contributed by atoms with van der Waals surface area (Å²) >= 11 is 1.73. The van der Waals surface area contributed by atoms with Gasteiger partial charge in [-0.05, 0) is 48.2 Å². The topological polar surface area (TPSA) is 53.0 Å². The average Bonchev–Trinajstić information content (AvgIpc) is 3.08. The molecular formula is C22H26N2O3S. The number of hydrogen-bond acceptors (Lipinski definition) is 5. The lowest BCUT2D eigenvalue weighted by Crippen LogP contribution is -2.44. The van der Waals surface area contributed by atoms with Crippen molar-refractivity contribution >= 4 is 22.9 Å². The van der Waals surface area contributed by atoms with Gasteiger partial charge in [-0.2, -0.15) is 0 Å². The summed E-state index contributed by atoms with van der Waals surface area (Å²) in [6.07, 6.45) is 3.31. The van der Waals surface area contributed by atoms with Crippen LogP contribution in [0, 0.1) is 0 Å². The van der Waals surface area contributed by atoms with Gasteiger partial charge in [-0.3, -0.25) is 4.79 Å². The Morgan fingerprint density at radius 1 is 1.25 bits per heavy atom. The highest BCUT2D eigenvalue weighted by molar-refractivity contribution is 7.11. The van der Waals surface area contributed by atoms with Crippen LogP contribution in [0.1, 0.15) is 28.0 Å². The van der Waals surface area contributed by atoms with E-state index in [1.54, 1.807) is 11.3 Å². The Balaban J connectivity index is 1.61. The van der Waals surface area contributed by atoms with Crippen LogP contribution in [0.2, 0.25) is 0 Å². The molecular weight excluding hydrogens is 372 g/mol. The molecule has 28 heavy (non-hydrogen) atoms. The third-order valence-corrected chi connectivity index (χ3v) is 6.44. The molecule has 0 bridgehead atoms. The van der Waals surface area contributed by atoms with Crippen LogP contribution < -0.4 is 4.74 Å². The predicted octanol–water partition coefficient (Wildman–Crippen LogP) is 3.34. The number of rotatable bonds is 5. The van der Waals surface area contributed by atoms with Gasteiger partial charge in [0.15, 0.2) is 0 Å². The molecule has 0 aliphatic carbocycles. The van der Waals surface area contributed by atoms with Crippen molar-refractivity contribution in [3.63, 3.8) is 0 Å². The van der Waals surface area contributed by atoms with Crippen LogP contribution in [0.4, 0.5) is 0 Å². The molecule has 2 aliphatic heterocycles. The fraction of sp³-hybridized carbons (Fsp3) is 0.409. The lowest BCUT2D eigenvalue weighted by molar-refractivity contribution is -0.136. The van der Waals surface area contributed by atoms with E-state index >= 15 is 0 Å². The molecule has 1 saturated heterocycles. The van der Waals surface area contributed by atoms with Crippen LogP contribution in [0.3, 0.4) is 0 Å². The Hall–Kier alpha value is -2.15. The van der Waals surface area contributed by atoms with E-state index in [1.165, 1.54) is 16.0 Å². The first-order chi connectivity index (χ1) is 13.6. The number of piperazine rings is 1. The van der Waals surface area contributed by atoms with E-state index in [9.17, 15) is 4.79 Å². The van der Waals surface area contributed by atoms with Crippen LogP contribution in [-0.4, -0.2) is 60.6 Å². The highest BCUT2D eigenvalue weighted by atomic mass is 32.1. The van der Waals surface area contributed by atoms with Crippen molar-refractivity contribution in [2.75, 3.05) is 39.8 Å². The number of benzene rings is 1. The number of fused-ring (bicyclic) bond motifs is 2. The molecule has 1 aromatic heterocycles. The first-order valence-corrected chi connectivity index (χ1v) is 10.6. The monoisotopic (exact) mass is 398 g/mol. The standard InChI is InChI=1S/C22H26N2O3S/c1-23-8-10-24(11-9-23)7-2-3-18-19-13-16(14-21(25)26)4-5-20(19)27-15-17-6-12-28-22(17)18/h3-6,12-13H,2,7-11,14-15H2,1H3,(H,25,26)/b18-3-. The fourth-order valence-corrected chi connectivity index (χ4v) is 4.79. The van der Waals surface area contributed by atoms with Gasteiger partial charge in [0, 0.05) is 48.7 Å². The summed E-state index contributed by atoms with van der Waals surface area (Å²) in [4.78, 5) is 17.3. The molecule has 1 fully saturated rings. The first kappa shape index (κ1) is 19.2. The SMILES string of the molecule is CN1CCN(CC/C=C2/c3cc(CC(=O)O)ccc3OCc3ccsc32)CC1. The third-order valence-electron chi connectivity index (χ3n) is 5.45. The maximum Gasteiger partial charge on any atom is 0.307 e. The summed E-state index contributed by atoms with van der Waals surface area (Å²) in [5.74, 6) is 0.0234. The normalized spacial score (nSPS) is 19.0. The number of nitrogens with zero attached hydrogens (tertiary/aromatic N) is 2. The van der Waals surface area contributed by atoms with Crippen molar-refractivity contribution in [3.05, 3.63) is 57.3 Å². The molecule has 4 rings (SSSR count). The van der Waals surface area contributed by atoms with Gasteiger partial charge in [-0.25, -0.2) is 0 Å². The van der Waals surface area contributed by atoms with Gasteiger partial charge in [0.25, 0.3) is 0 Å². The Morgan fingerprint density at radius 2 is 2.07 bits per heavy atom. The summed E-state index contributed by atoms with van der Waals surface area (Å²) in [6, 6.07) is 7.88. The summed E-state index contributed by atoms with van der Waals surface area (Å²) < 4.78 is 6.03. The minimum Gasteiger partial charge on any atom is -0.488 e. The Bertz CT molecular complexity index is 882. The number of likely N-dealkylation sites (N-methyl/N-ethyl adjacent to an activating group) is 1. The van der Waals surface area contributed by atoms with E-state index < -0.39 is 5.97 Å². The Labute approximate surface area is 169 Å². The number of hydrogen-bond donors (Lipinski definition) is 1. The van der Waals surface area contributed by atoms with Gasteiger partial charge >= 0.3 is 5.97 Å². The zero-order valence-corrected chi connectivity index (χ0v) is 17.0. The second kappa shape index (κ2) is 8.47. The number of carboxylic acid groups (broad SMARTS) is 1. The number of ether oxygens (including phenoxy) is 1. The molecule has 0 amide bonds. The number of thiophene rings is 1. The van der Waals surface area contributed by atoms with Crippen molar-refractivity contribution in [1.29, 1.82) is 0 Å². The van der Waals surface area contributed by atoms with Crippen LogP contribution in [0.15, 0.2) is 35.7 Å². The van der Waals surface area contributed by atoms with E-state index in [4.69, 9.17) is 9.84 Å². The Morgan fingerprint density at radius 3 is 2.86 bits per heavy atom. The van der Waals surface area contributed by atoms with Gasteiger partial charge < -0.3 is 19.6 Å². The molecule has 5 nitrogen and oxygen atoms in total. The highest BCUT2D eigenvalue weighted by Crippen LogP contribution is 2.40. The Kier molecular flexibility index (Phi) is 5.80. The van der Waals surface area contributed by atoms with Crippen molar-refractivity contribution in [2.45, 2.75) is 19.4 Å². The second-order valence-corrected chi connectivity index (χ2v) is 8.43. The average molecular weight is 399 g/mol. The third kappa shape index (κ3) is 4.29. The molecule has 148 valence electrons. The lowest BCUT2D eigenvalue weighted by atomic mass is 9.97. The smallest absolute Gasteiger partial charge is 0.307 e. The maximum atomic E-state index is 11.2. The van der Waals surface area contributed by atoms with E-state index in [-0.39, 0.29) is 6.42 Å². The molecule has 3 heterocycles. The van der Waals surface area contributed by atoms with Gasteiger partial charge in [0.05, 0.1) is 6.42 Å². The molecule has 0 saturated carbocycles. The number of aliphatic carboxylic acids is 1. The molecule has 6 heteroatoms. The van der Waals surface area contributed by atoms with E-state index in [1.807, 2.05) is 18.2 Å². The summed E-state index contributed by atoms with van der Waals surface area (Å²) in [7, 11) is 2.18. The zero-order chi connectivity index (χ0) is 19.5. The van der Waals surface area contributed by atoms with Crippen LogP contribution >= 0.6 is 11.3 Å². The highest BCUT2D eigenvalue weighted by Gasteiger charge is 2.21. The largest absolute Gasteiger partial charge is 0.488 e. The molecule has 1 aromatic carbocycles.